The molecule has 1 heterocycles. The van der Waals surface area contributed by atoms with Gasteiger partial charge in [-0.3, -0.25) is 4.79 Å². The first-order valence-electron chi connectivity index (χ1n) is 8.63. The van der Waals surface area contributed by atoms with Gasteiger partial charge in [-0.1, -0.05) is 22.4 Å². The summed E-state index contributed by atoms with van der Waals surface area (Å²) in [5.41, 5.74) is 1.75. The number of hydrogen-bond acceptors (Lipinski definition) is 3. The van der Waals surface area contributed by atoms with Crippen molar-refractivity contribution in [3.63, 3.8) is 0 Å². The van der Waals surface area contributed by atoms with E-state index in [0.29, 0.717) is 5.92 Å². The number of carbonyl (C=O) groups excluding carboxylic acids is 1. The van der Waals surface area contributed by atoms with Crippen LogP contribution in [0.5, 0.6) is 0 Å². The Kier molecular flexibility index (Phi) is 5.00. The van der Waals surface area contributed by atoms with E-state index in [1.807, 2.05) is 39.0 Å². The largest absolute Gasteiger partial charge is 0.460 e. The van der Waals surface area contributed by atoms with E-state index >= 15 is 0 Å². The normalized spacial score (nSPS) is 25.4. The Morgan fingerprint density at radius 1 is 1.29 bits per heavy atom. The molecule has 0 amide bonds. The molecule has 4 nitrogen and oxygen atoms in total. The van der Waals surface area contributed by atoms with Crippen LogP contribution in [0.15, 0.2) is 29.0 Å². The predicted molar refractivity (Wildman–Crippen MR) is 98.6 cm³/mol. The number of carbonyl (C=O) groups is 1. The first kappa shape index (κ1) is 17.5. The summed E-state index contributed by atoms with van der Waals surface area (Å²) < 4.78 is 6.51. The maximum absolute atomic E-state index is 11.8. The highest BCUT2D eigenvalue weighted by Gasteiger charge is 2.44. The number of esters is 1. The van der Waals surface area contributed by atoms with Gasteiger partial charge in [0.2, 0.25) is 0 Å². The van der Waals surface area contributed by atoms with Gasteiger partial charge in [-0.15, -0.1) is 0 Å². The number of aromatic nitrogens is 2. The third-order valence-corrected chi connectivity index (χ3v) is 5.32. The van der Waals surface area contributed by atoms with Gasteiger partial charge >= 0.3 is 5.97 Å². The van der Waals surface area contributed by atoms with Gasteiger partial charge < -0.3 is 9.72 Å². The summed E-state index contributed by atoms with van der Waals surface area (Å²) in [5.74, 6) is 1.71. The molecule has 3 unspecified atom stereocenters. The molecule has 2 bridgehead atoms. The number of halogens is 1. The number of fused-ring (bicyclic) bond motifs is 3. The van der Waals surface area contributed by atoms with Gasteiger partial charge in [-0.05, 0) is 70.1 Å². The van der Waals surface area contributed by atoms with E-state index in [-0.39, 0.29) is 17.5 Å². The zero-order valence-corrected chi connectivity index (χ0v) is 16.1. The highest BCUT2D eigenvalue weighted by molar-refractivity contribution is 9.10. The predicted octanol–water partition coefficient (Wildman–Crippen LogP) is 5.09. The Morgan fingerprint density at radius 3 is 2.71 bits per heavy atom. The smallest absolute Gasteiger partial charge is 0.309 e. The molecule has 0 aliphatic heterocycles. The van der Waals surface area contributed by atoms with Crippen LogP contribution in [-0.2, 0) is 9.53 Å². The Morgan fingerprint density at radius 2 is 2.08 bits per heavy atom. The Hall–Kier alpha value is -1.36. The number of nitrogens with zero attached hydrogens (tertiary/aromatic N) is 1. The van der Waals surface area contributed by atoms with Crippen molar-refractivity contribution in [2.75, 3.05) is 0 Å². The summed E-state index contributed by atoms with van der Waals surface area (Å²) in [6.45, 7) is 5.83. The second kappa shape index (κ2) is 6.87. The maximum atomic E-state index is 11.8. The third-order valence-electron chi connectivity index (χ3n) is 4.83. The molecule has 1 aromatic carbocycles. The quantitative estimate of drug-likeness (QED) is 0.687. The minimum atomic E-state index is -0.321. The Balaban J connectivity index is 0.000000149. The molecular weight excluding hydrogens is 368 g/mol. The molecule has 2 aliphatic rings. The number of imidazole rings is 1. The summed E-state index contributed by atoms with van der Waals surface area (Å²) >= 11 is 3.37. The van der Waals surface area contributed by atoms with Crippen LogP contribution in [0.2, 0.25) is 0 Å². The molecule has 0 spiro atoms. The highest BCUT2D eigenvalue weighted by atomic mass is 79.9. The van der Waals surface area contributed by atoms with Crippen LogP contribution in [-0.4, -0.2) is 21.5 Å². The molecule has 24 heavy (non-hydrogen) atoms. The second-order valence-corrected chi connectivity index (χ2v) is 8.79. The van der Waals surface area contributed by atoms with Gasteiger partial charge in [0.05, 0.1) is 23.3 Å². The van der Waals surface area contributed by atoms with Crippen molar-refractivity contribution >= 4 is 32.9 Å². The number of nitrogens with one attached hydrogen (secondary N) is 1. The fourth-order valence-electron chi connectivity index (χ4n) is 3.82. The summed E-state index contributed by atoms with van der Waals surface area (Å²) in [5, 5.41) is 0. The second-order valence-electron chi connectivity index (χ2n) is 7.88. The fourth-order valence-corrected chi connectivity index (χ4v) is 4.18. The van der Waals surface area contributed by atoms with Crippen molar-refractivity contribution < 1.29 is 9.53 Å². The zero-order valence-electron chi connectivity index (χ0n) is 14.5. The molecule has 130 valence electrons. The van der Waals surface area contributed by atoms with Crippen molar-refractivity contribution in [3.8, 4) is 0 Å². The topological polar surface area (TPSA) is 55.0 Å². The number of aromatic amines is 1. The monoisotopic (exact) mass is 392 g/mol. The minimum absolute atomic E-state index is 0.0460. The minimum Gasteiger partial charge on any atom is -0.460 e. The zero-order chi connectivity index (χ0) is 17.3. The van der Waals surface area contributed by atoms with E-state index in [0.717, 1.165) is 27.8 Å². The highest BCUT2D eigenvalue weighted by Crippen LogP contribution is 2.48. The van der Waals surface area contributed by atoms with Crippen molar-refractivity contribution in [1.29, 1.82) is 0 Å². The van der Waals surface area contributed by atoms with Gasteiger partial charge in [0, 0.05) is 4.47 Å². The lowest BCUT2D eigenvalue weighted by molar-refractivity contribution is -0.161. The van der Waals surface area contributed by atoms with E-state index < -0.39 is 0 Å². The molecule has 2 saturated carbocycles. The van der Waals surface area contributed by atoms with Crippen molar-refractivity contribution in [1.82, 2.24) is 9.97 Å². The van der Waals surface area contributed by atoms with Crippen molar-refractivity contribution in [3.05, 3.63) is 29.0 Å². The third kappa shape index (κ3) is 4.18. The van der Waals surface area contributed by atoms with Crippen molar-refractivity contribution in [2.45, 2.75) is 52.1 Å². The first-order chi connectivity index (χ1) is 11.3. The molecule has 1 aromatic heterocycles. The average molecular weight is 393 g/mol. The van der Waals surface area contributed by atoms with Crippen LogP contribution in [0.1, 0.15) is 46.5 Å². The molecule has 4 rings (SSSR count). The average Bonchev–Trinajstić information content (AvgIpc) is 3.21. The fraction of sp³-hybridized carbons (Fsp3) is 0.579. The van der Waals surface area contributed by atoms with Gasteiger partial charge in [0.1, 0.15) is 5.60 Å². The summed E-state index contributed by atoms with van der Waals surface area (Å²) in [6.07, 6.45) is 6.62. The van der Waals surface area contributed by atoms with E-state index in [2.05, 4.69) is 25.9 Å². The molecule has 2 aliphatic carbocycles. The number of rotatable bonds is 1. The van der Waals surface area contributed by atoms with E-state index in [4.69, 9.17) is 4.74 Å². The molecule has 0 radical (unpaired) electrons. The van der Waals surface area contributed by atoms with Crippen LogP contribution in [0.25, 0.3) is 11.0 Å². The number of H-pyrrole nitrogens is 1. The molecular formula is C19H25BrN2O2. The number of hydrogen-bond donors (Lipinski definition) is 1. The van der Waals surface area contributed by atoms with E-state index in [1.54, 1.807) is 6.33 Å². The lowest BCUT2D eigenvalue weighted by Gasteiger charge is -2.26. The lowest BCUT2D eigenvalue weighted by atomic mass is 9.89. The van der Waals surface area contributed by atoms with Gasteiger partial charge in [-0.25, -0.2) is 4.98 Å². The lowest BCUT2D eigenvalue weighted by Crippen LogP contribution is -2.31. The number of ether oxygens (including phenoxy) is 1. The van der Waals surface area contributed by atoms with Gasteiger partial charge in [0.25, 0.3) is 0 Å². The first-order valence-corrected chi connectivity index (χ1v) is 9.42. The SMILES string of the molecule is Brc1ccc2nc[nH]c2c1.CC(C)(C)OC(=O)C1CC2CCC1C2. The van der Waals surface area contributed by atoms with E-state index in [1.165, 1.54) is 19.3 Å². The molecule has 0 saturated heterocycles. The molecule has 3 atom stereocenters. The van der Waals surface area contributed by atoms with Crippen LogP contribution in [0, 0.1) is 17.8 Å². The Bertz CT molecular complexity index is 719. The van der Waals surface area contributed by atoms with Crippen LogP contribution in [0.4, 0.5) is 0 Å². The van der Waals surface area contributed by atoms with E-state index in [9.17, 15) is 4.79 Å². The van der Waals surface area contributed by atoms with Crippen LogP contribution < -0.4 is 0 Å². The summed E-state index contributed by atoms with van der Waals surface area (Å²) in [6, 6.07) is 5.95. The van der Waals surface area contributed by atoms with Gasteiger partial charge in [0.15, 0.2) is 0 Å². The number of benzene rings is 1. The van der Waals surface area contributed by atoms with Gasteiger partial charge in [-0.2, -0.15) is 0 Å². The molecule has 2 aromatic rings. The van der Waals surface area contributed by atoms with Crippen LogP contribution >= 0.6 is 15.9 Å². The maximum Gasteiger partial charge on any atom is 0.309 e. The standard InChI is InChI=1S/C12H20O2.C7H5BrN2/c1-12(2,3)14-11(13)10-7-8-4-5-9(10)6-8;8-5-1-2-6-7(3-5)10-4-9-6/h8-10H,4-7H2,1-3H3;1-4H,(H,9,10). The van der Waals surface area contributed by atoms with Crippen LogP contribution in [0.3, 0.4) is 0 Å². The Labute approximate surface area is 151 Å². The molecule has 5 heteroatoms. The summed E-state index contributed by atoms with van der Waals surface area (Å²) in [4.78, 5) is 18.9. The summed E-state index contributed by atoms with van der Waals surface area (Å²) in [7, 11) is 0. The van der Waals surface area contributed by atoms with Crippen molar-refractivity contribution in [2.24, 2.45) is 17.8 Å². The molecule has 1 N–H and O–H groups in total. The molecule has 2 fully saturated rings.